The highest BCUT2D eigenvalue weighted by atomic mass is 127. The summed E-state index contributed by atoms with van der Waals surface area (Å²) in [5.41, 5.74) is 0.837. The predicted molar refractivity (Wildman–Crippen MR) is 57.4 cm³/mol. The van der Waals surface area contributed by atoms with Gasteiger partial charge in [0.05, 0.1) is 0 Å². The second-order valence-electron chi connectivity index (χ2n) is 2.28. The van der Waals surface area contributed by atoms with Crippen molar-refractivity contribution in [2.75, 3.05) is 9.74 Å². The van der Waals surface area contributed by atoms with E-state index in [1.807, 2.05) is 12.1 Å². The fourth-order valence-electron chi connectivity index (χ4n) is 0.780. The van der Waals surface area contributed by atoms with Gasteiger partial charge in [0.2, 0.25) is 5.91 Å². The van der Waals surface area contributed by atoms with Crippen LogP contribution in [0.5, 0.6) is 0 Å². The third-order valence-electron chi connectivity index (χ3n) is 1.32. The standard InChI is InChI=1S/C9H9INO/c10-7-6-9(12)11-8-4-2-1-3-5-8/h2-5H,6-7H2,(H,11,12). The monoisotopic (exact) mass is 274 g/mol. The van der Waals surface area contributed by atoms with E-state index in [9.17, 15) is 4.79 Å². The summed E-state index contributed by atoms with van der Waals surface area (Å²) in [6.45, 7) is 0. The number of rotatable bonds is 3. The normalized spacial score (nSPS) is 9.42. The predicted octanol–water partition coefficient (Wildman–Crippen LogP) is 2.25. The van der Waals surface area contributed by atoms with Crippen molar-refractivity contribution in [2.24, 2.45) is 0 Å². The van der Waals surface area contributed by atoms with E-state index in [1.165, 1.54) is 0 Å². The summed E-state index contributed by atoms with van der Waals surface area (Å²) in [6.07, 6.45) is 0.569. The molecule has 1 N–H and O–H groups in total. The quantitative estimate of drug-likeness (QED) is 0.664. The first-order chi connectivity index (χ1) is 5.83. The minimum atomic E-state index is 0.0654. The van der Waals surface area contributed by atoms with Crippen molar-refractivity contribution in [3.8, 4) is 0 Å². The fraction of sp³-hybridized carbons (Fsp3) is 0.222. The van der Waals surface area contributed by atoms with Crippen molar-refractivity contribution in [1.29, 1.82) is 0 Å². The maximum Gasteiger partial charge on any atom is 0.225 e. The van der Waals surface area contributed by atoms with Gasteiger partial charge in [0.25, 0.3) is 0 Å². The highest BCUT2D eigenvalue weighted by molar-refractivity contribution is 14.1. The van der Waals surface area contributed by atoms with E-state index >= 15 is 0 Å². The van der Waals surface area contributed by atoms with Crippen LogP contribution in [0.4, 0.5) is 5.69 Å². The molecule has 0 aromatic heterocycles. The van der Waals surface area contributed by atoms with Gasteiger partial charge in [0.15, 0.2) is 0 Å². The lowest BCUT2D eigenvalue weighted by molar-refractivity contribution is -0.115. The third-order valence-corrected chi connectivity index (χ3v) is 1.86. The van der Waals surface area contributed by atoms with E-state index in [0.29, 0.717) is 6.42 Å². The Bertz CT molecular complexity index is 248. The summed E-state index contributed by atoms with van der Waals surface area (Å²) >= 11 is 2.18. The number of benzene rings is 1. The van der Waals surface area contributed by atoms with Crippen molar-refractivity contribution in [2.45, 2.75) is 6.42 Å². The van der Waals surface area contributed by atoms with Crippen molar-refractivity contribution in [3.63, 3.8) is 0 Å². The van der Waals surface area contributed by atoms with Gasteiger partial charge in [-0.2, -0.15) is 0 Å². The second kappa shape index (κ2) is 5.13. The molecule has 2 nitrogen and oxygen atoms in total. The summed E-state index contributed by atoms with van der Waals surface area (Å²) in [4.78, 5) is 11.1. The molecule has 0 aliphatic rings. The first-order valence-corrected chi connectivity index (χ1v) is 5.17. The van der Waals surface area contributed by atoms with Crippen LogP contribution < -0.4 is 5.32 Å². The third kappa shape index (κ3) is 3.21. The Balaban J connectivity index is 2.47. The largest absolute Gasteiger partial charge is 0.326 e. The zero-order valence-electron chi connectivity index (χ0n) is 6.51. The van der Waals surface area contributed by atoms with E-state index in [0.717, 1.165) is 10.1 Å². The molecule has 0 unspecified atom stereocenters. The Morgan fingerprint density at radius 1 is 1.50 bits per heavy atom. The number of carbonyl (C=O) groups is 1. The molecule has 1 radical (unpaired) electrons. The number of halogens is 1. The van der Waals surface area contributed by atoms with Gasteiger partial charge in [-0.1, -0.05) is 34.7 Å². The molecule has 0 heterocycles. The lowest BCUT2D eigenvalue weighted by Gasteiger charge is -2.01. The van der Waals surface area contributed by atoms with Crippen LogP contribution in [-0.2, 0) is 4.79 Å². The smallest absolute Gasteiger partial charge is 0.225 e. The highest BCUT2D eigenvalue weighted by Crippen LogP contribution is 2.05. The molecule has 1 rings (SSSR count). The Hall–Kier alpha value is -0.580. The molecular weight excluding hydrogens is 265 g/mol. The van der Waals surface area contributed by atoms with E-state index in [2.05, 4.69) is 34.0 Å². The molecule has 0 saturated carbocycles. The number of alkyl halides is 1. The van der Waals surface area contributed by atoms with Crippen LogP contribution in [0.2, 0.25) is 0 Å². The Morgan fingerprint density at radius 3 is 2.75 bits per heavy atom. The van der Waals surface area contributed by atoms with Crippen molar-refractivity contribution >= 4 is 34.2 Å². The lowest BCUT2D eigenvalue weighted by atomic mass is 10.3. The van der Waals surface area contributed by atoms with Gasteiger partial charge in [-0.25, -0.2) is 0 Å². The molecule has 0 aliphatic carbocycles. The van der Waals surface area contributed by atoms with E-state index in [4.69, 9.17) is 0 Å². The highest BCUT2D eigenvalue weighted by Gasteiger charge is 1.98. The molecule has 0 saturated heterocycles. The SMILES string of the molecule is O=C(CCI)Nc1cc[c]cc1. The van der Waals surface area contributed by atoms with Gasteiger partial charge in [-0.15, -0.1) is 0 Å². The molecule has 12 heavy (non-hydrogen) atoms. The minimum absolute atomic E-state index is 0.0654. The van der Waals surface area contributed by atoms with Gasteiger partial charge in [0.1, 0.15) is 0 Å². The minimum Gasteiger partial charge on any atom is -0.326 e. The maximum atomic E-state index is 11.1. The molecule has 1 aromatic carbocycles. The summed E-state index contributed by atoms with van der Waals surface area (Å²) in [7, 11) is 0. The van der Waals surface area contributed by atoms with Crippen LogP contribution in [0.25, 0.3) is 0 Å². The topological polar surface area (TPSA) is 29.1 Å². The van der Waals surface area contributed by atoms with E-state index in [-0.39, 0.29) is 5.91 Å². The van der Waals surface area contributed by atoms with Gasteiger partial charge in [-0.3, -0.25) is 4.79 Å². The van der Waals surface area contributed by atoms with Gasteiger partial charge in [0, 0.05) is 16.5 Å². The average molecular weight is 274 g/mol. The van der Waals surface area contributed by atoms with E-state index in [1.54, 1.807) is 12.1 Å². The van der Waals surface area contributed by atoms with Crippen LogP contribution in [0, 0.1) is 6.07 Å². The van der Waals surface area contributed by atoms with Crippen molar-refractivity contribution in [3.05, 3.63) is 30.3 Å². The zero-order chi connectivity index (χ0) is 8.81. The lowest BCUT2D eigenvalue weighted by Crippen LogP contribution is -2.11. The molecule has 1 amide bonds. The Labute approximate surface area is 85.5 Å². The van der Waals surface area contributed by atoms with Crippen LogP contribution >= 0.6 is 22.6 Å². The van der Waals surface area contributed by atoms with Crippen LogP contribution in [0.15, 0.2) is 24.3 Å². The summed E-state index contributed by atoms with van der Waals surface area (Å²) in [5, 5.41) is 2.78. The molecule has 0 bridgehead atoms. The Kier molecular flexibility index (Phi) is 4.07. The molecular formula is C9H9INO. The number of carbonyl (C=O) groups excluding carboxylic acids is 1. The second-order valence-corrected chi connectivity index (χ2v) is 3.35. The van der Waals surface area contributed by atoms with Crippen LogP contribution in [0.3, 0.4) is 0 Å². The van der Waals surface area contributed by atoms with Gasteiger partial charge >= 0.3 is 0 Å². The summed E-state index contributed by atoms with van der Waals surface area (Å²) < 4.78 is 0.850. The Morgan fingerprint density at radius 2 is 2.17 bits per heavy atom. The number of hydrogen-bond donors (Lipinski definition) is 1. The summed E-state index contributed by atoms with van der Waals surface area (Å²) in [6, 6.07) is 10.1. The van der Waals surface area contributed by atoms with E-state index < -0.39 is 0 Å². The molecule has 63 valence electrons. The fourth-order valence-corrected chi connectivity index (χ4v) is 1.27. The number of hydrogen-bond acceptors (Lipinski definition) is 1. The van der Waals surface area contributed by atoms with Gasteiger partial charge < -0.3 is 5.32 Å². The number of anilines is 1. The molecule has 0 fully saturated rings. The molecule has 0 atom stereocenters. The van der Waals surface area contributed by atoms with Crippen molar-refractivity contribution in [1.82, 2.24) is 0 Å². The van der Waals surface area contributed by atoms with Crippen LogP contribution in [-0.4, -0.2) is 10.3 Å². The van der Waals surface area contributed by atoms with Crippen molar-refractivity contribution < 1.29 is 4.79 Å². The van der Waals surface area contributed by atoms with Gasteiger partial charge in [-0.05, 0) is 18.2 Å². The summed E-state index contributed by atoms with van der Waals surface area (Å²) in [5.74, 6) is 0.0654. The maximum absolute atomic E-state index is 11.1. The van der Waals surface area contributed by atoms with Crippen LogP contribution in [0.1, 0.15) is 6.42 Å². The molecule has 0 aliphatic heterocycles. The zero-order valence-corrected chi connectivity index (χ0v) is 8.67. The first kappa shape index (κ1) is 9.51. The molecule has 3 heteroatoms. The molecule has 1 aromatic rings. The number of nitrogens with one attached hydrogen (secondary N) is 1. The first-order valence-electron chi connectivity index (χ1n) is 3.65. The number of amides is 1. The average Bonchev–Trinajstić information content (AvgIpc) is 2.06. The molecule has 0 spiro atoms.